The smallest absolute Gasteiger partial charge is 0.550 e. The summed E-state index contributed by atoms with van der Waals surface area (Å²) in [6.07, 6.45) is 2.23. The summed E-state index contributed by atoms with van der Waals surface area (Å²) in [5.41, 5.74) is 3.63. The Morgan fingerprint density at radius 3 is 2.41 bits per heavy atom. The number of aryl methyl sites for hydroxylation is 1. The van der Waals surface area contributed by atoms with Gasteiger partial charge in [0, 0.05) is 46.4 Å². The summed E-state index contributed by atoms with van der Waals surface area (Å²) in [4.78, 5) is 24.0. The van der Waals surface area contributed by atoms with Crippen LogP contribution in [0.5, 0.6) is 0 Å². The molecule has 0 saturated heterocycles. The van der Waals surface area contributed by atoms with E-state index in [2.05, 4.69) is 0 Å². The van der Waals surface area contributed by atoms with E-state index in [-0.39, 0.29) is 52.6 Å². The summed E-state index contributed by atoms with van der Waals surface area (Å²) >= 11 is 6.01. The zero-order valence-electron chi connectivity index (χ0n) is 18.1. The van der Waals surface area contributed by atoms with Crippen LogP contribution in [0.25, 0.3) is 10.9 Å². The second kappa shape index (κ2) is 9.31. The number of benzene rings is 2. The zero-order chi connectivity index (χ0) is 22.5. The van der Waals surface area contributed by atoms with E-state index in [0.717, 1.165) is 23.1 Å². The Hall–Kier alpha value is -1.64. The molecule has 0 amide bonds. The number of halogens is 1. The number of nitrogens with zero attached hydrogens (tertiary/aromatic N) is 1. The maximum Gasteiger partial charge on any atom is 1.00 e. The van der Waals surface area contributed by atoms with Gasteiger partial charge in [0.15, 0.2) is 15.6 Å². The molecule has 0 N–H and O–H groups in total. The van der Waals surface area contributed by atoms with E-state index in [0.29, 0.717) is 40.9 Å². The van der Waals surface area contributed by atoms with E-state index < -0.39 is 15.8 Å². The molecule has 0 bridgehead atoms. The number of rotatable bonds is 6. The van der Waals surface area contributed by atoms with Crippen LogP contribution < -0.4 is 34.7 Å². The summed E-state index contributed by atoms with van der Waals surface area (Å²) in [7, 11) is -3.53. The van der Waals surface area contributed by atoms with Crippen molar-refractivity contribution in [3.63, 3.8) is 0 Å². The Morgan fingerprint density at radius 1 is 1.19 bits per heavy atom. The molecule has 0 unspecified atom stereocenters. The van der Waals surface area contributed by atoms with Crippen molar-refractivity contribution in [2.45, 2.75) is 43.5 Å². The number of hydrogen-bond donors (Lipinski definition) is 0. The van der Waals surface area contributed by atoms with Gasteiger partial charge in [0.05, 0.1) is 10.4 Å². The summed E-state index contributed by atoms with van der Waals surface area (Å²) in [5.74, 6) is -1.65. The molecule has 3 aromatic rings. The van der Waals surface area contributed by atoms with Gasteiger partial charge in [0.25, 0.3) is 0 Å². The molecule has 32 heavy (non-hydrogen) atoms. The molecule has 162 valence electrons. The summed E-state index contributed by atoms with van der Waals surface area (Å²) in [6.45, 7) is 1.81. The molecular weight excluding hydrogens is 461 g/mol. The minimum absolute atomic E-state index is 0. The Bertz CT molecular complexity index is 1330. The Balaban J connectivity index is 0.00000289. The van der Waals surface area contributed by atoms with Crippen LogP contribution in [0, 0.1) is 0 Å². The predicted molar refractivity (Wildman–Crippen MR) is 116 cm³/mol. The topological polar surface area (TPSA) is 96.3 Å². The minimum atomic E-state index is -3.53. The second-order valence-electron chi connectivity index (χ2n) is 8.08. The molecule has 1 aliphatic rings. The van der Waals surface area contributed by atoms with Crippen LogP contribution >= 0.6 is 11.6 Å². The molecule has 0 saturated carbocycles. The van der Waals surface area contributed by atoms with Crippen LogP contribution in [-0.2, 0) is 27.6 Å². The van der Waals surface area contributed by atoms with Crippen molar-refractivity contribution in [3.8, 4) is 0 Å². The number of aliphatic carboxylic acids is 1. The Morgan fingerprint density at radius 2 is 1.84 bits per heavy atom. The zero-order valence-corrected chi connectivity index (χ0v) is 21.7. The molecule has 1 aromatic heterocycles. The van der Waals surface area contributed by atoms with Gasteiger partial charge in [-0.3, -0.25) is 4.79 Å². The van der Waals surface area contributed by atoms with E-state index in [1.807, 2.05) is 16.7 Å². The monoisotopic (exact) mass is 481 g/mol. The number of aromatic nitrogens is 1. The average molecular weight is 482 g/mol. The third kappa shape index (κ3) is 4.68. The number of carbonyl (C=O) groups is 2. The van der Waals surface area contributed by atoms with Gasteiger partial charge in [-0.1, -0.05) is 23.7 Å². The first-order valence-corrected chi connectivity index (χ1v) is 12.2. The van der Waals surface area contributed by atoms with Gasteiger partial charge in [-0.15, -0.1) is 0 Å². The van der Waals surface area contributed by atoms with Crippen molar-refractivity contribution in [1.29, 1.82) is 0 Å². The van der Waals surface area contributed by atoms with Gasteiger partial charge in [-0.05, 0) is 61.6 Å². The third-order valence-corrected chi connectivity index (χ3v) is 7.23. The molecule has 0 radical (unpaired) electrons. The molecular formula is C23H21ClNNaO5S. The summed E-state index contributed by atoms with van der Waals surface area (Å²) < 4.78 is 26.5. The minimum Gasteiger partial charge on any atom is -0.550 e. The molecule has 0 spiro atoms. The first kappa shape index (κ1) is 25.0. The van der Waals surface area contributed by atoms with Crippen LogP contribution in [0.3, 0.4) is 0 Å². The normalized spacial score (nSPS) is 15.4. The van der Waals surface area contributed by atoms with Crippen molar-refractivity contribution < 1.29 is 52.7 Å². The molecule has 6 nitrogen and oxygen atoms in total. The van der Waals surface area contributed by atoms with E-state index in [9.17, 15) is 23.1 Å². The SMILES string of the molecule is CC(=O)c1cc(S(C)(=O)=O)cc2c3c(n(Cc4ccc(Cl)cc4)c12)[C@@H](CC(=O)[O-])CC3.[Na+]. The average Bonchev–Trinajstić information content (AvgIpc) is 3.21. The van der Waals surface area contributed by atoms with Crippen LogP contribution in [0.15, 0.2) is 41.3 Å². The maximum atomic E-state index is 12.5. The first-order chi connectivity index (χ1) is 14.6. The fraction of sp³-hybridized carbons (Fsp3) is 0.304. The van der Waals surface area contributed by atoms with Crippen molar-refractivity contribution in [1.82, 2.24) is 4.57 Å². The Kier molecular flexibility index (Phi) is 7.27. The predicted octanol–water partition coefficient (Wildman–Crippen LogP) is 0.123. The Labute approximate surface area is 213 Å². The third-order valence-electron chi connectivity index (χ3n) is 5.88. The molecule has 4 rings (SSSR count). The second-order valence-corrected chi connectivity index (χ2v) is 10.5. The van der Waals surface area contributed by atoms with E-state index in [1.54, 1.807) is 18.2 Å². The molecule has 0 fully saturated rings. The summed E-state index contributed by atoms with van der Waals surface area (Å²) in [5, 5.41) is 12.7. The maximum absolute atomic E-state index is 12.5. The van der Waals surface area contributed by atoms with Gasteiger partial charge in [-0.25, -0.2) is 8.42 Å². The quantitative estimate of drug-likeness (QED) is 0.368. The van der Waals surface area contributed by atoms with Crippen molar-refractivity contribution in [2.24, 2.45) is 0 Å². The number of fused-ring (bicyclic) bond motifs is 3. The van der Waals surface area contributed by atoms with E-state index in [4.69, 9.17) is 11.6 Å². The number of ketones is 1. The van der Waals surface area contributed by atoms with Crippen molar-refractivity contribution >= 4 is 44.1 Å². The van der Waals surface area contributed by atoms with Gasteiger partial charge < -0.3 is 14.5 Å². The number of Topliss-reactive ketones (excluding diaryl/α,β-unsaturated/α-hetero) is 1. The largest absolute Gasteiger partial charge is 1.00 e. The van der Waals surface area contributed by atoms with Crippen LogP contribution in [0.4, 0.5) is 0 Å². The van der Waals surface area contributed by atoms with E-state index >= 15 is 0 Å². The molecule has 2 aromatic carbocycles. The standard InChI is InChI=1S/C23H22ClNO5S.Na/c1-13(26)19-10-17(31(2,29)30)11-20-18-8-5-15(9-21(27)28)22(18)25(23(19)20)12-14-3-6-16(24)7-4-14;/h3-4,6-7,10-11,15H,5,8-9,12H2,1-2H3,(H,27,28);/q;+1/p-1/t15-;/m1./s1. The van der Waals surface area contributed by atoms with Gasteiger partial charge >= 0.3 is 29.6 Å². The van der Waals surface area contributed by atoms with Crippen LogP contribution in [0.2, 0.25) is 5.02 Å². The van der Waals surface area contributed by atoms with Gasteiger partial charge in [-0.2, -0.15) is 0 Å². The summed E-state index contributed by atoms with van der Waals surface area (Å²) in [6, 6.07) is 10.3. The molecule has 1 heterocycles. The first-order valence-electron chi connectivity index (χ1n) is 9.90. The number of hydrogen-bond acceptors (Lipinski definition) is 5. The number of carbonyl (C=O) groups excluding carboxylic acids is 2. The number of carboxylic acids is 1. The van der Waals surface area contributed by atoms with Crippen molar-refractivity contribution in [2.75, 3.05) is 6.26 Å². The fourth-order valence-electron chi connectivity index (χ4n) is 4.55. The molecule has 1 atom stereocenters. The van der Waals surface area contributed by atoms with Gasteiger partial charge in [0.1, 0.15) is 0 Å². The number of carboxylic acid groups (broad SMARTS) is 1. The molecule has 0 aliphatic heterocycles. The van der Waals surface area contributed by atoms with E-state index in [1.165, 1.54) is 13.0 Å². The van der Waals surface area contributed by atoms with Gasteiger partial charge in [0.2, 0.25) is 0 Å². The van der Waals surface area contributed by atoms with Crippen LogP contribution in [-0.4, -0.2) is 31.0 Å². The van der Waals surface area contributed by atoms with Crippen LogP contribution in [0.1, 0.15) is 52.9 Å². The number of sulfone groups is 1. The molecule has 1 aliphatic carbocycles. The molecule has 9 heteroatoms. The fourth-order valence-corrected chi connectivity index (χ4v) is 5.34. The van der Waals surface area contributed by atoms with Crippen molar-refractivity contribution in [3.05, 3.63) is 63.8 Å².